The van der Waals surface area contributed by atoms with Crippen molar-refractivity contribution in [2.45, 2.75) is 19.8 Å². The van der Waals surface area contributed by atoms with E-state index in [-0.39, 0.29) is 11.9 Å². The van der Waals surface area contributed by atoms with Crippen LogP contribution in [0.3, 0.4) is 0 Å². The van der Waals surface area contributed by atoms with Crippen LogP contribution in [0, 0.1) is 0 Å². The highest BCUT2D eigenvalue weighted by Gasteiger charge is 2.13. The van der Waals surface area contributed by atoms with Crippen molar-refractivity contribution in [3.8, 4) is 11.5 Å². The van der Waals surface area contributed by atoms with E-state index in [1.54, 1.807) is 6.20 Å². The standard InChI is InChI=1S/C11H11Br2N5/c1-5(2)9-16-10(18-11(14)17-9)8-7(13)3-6(12)4-15-8/h3-5H,1-2H3,(H2,14,16,17,18). The first-order chi connectivity index (χ1) is 8.47. The predicted molar refractivity (Wildman–Crippen MR) is 77.0 cm³/mol. The van der Waals surface area contributed by atoms with Gasteiger partial charge in [-0.05, 0) is 37.9 Å². The van der Waals surface area contributed by atoms with E-state index in [4.69, 9.17) is 5.73 Å². The molecular formula is C11H11Br2N5. The summed E-state index contributed by atoms with van der Waals surface area (Å²) in [6.07, 6.45) is 1.69. The SMILES string of the molecule is CC(C)c1nc(N)nc(-c2ncc(Br)cc2Br)n1. The molecule has 18 heavy (non-hydrogen) atoms. The normalized spacial score (nSPS) is 10.9. The van der Waals surface area contributed by atoms with E-state index in [1.807, 2.05) is 19.9 Å². The van der Waals surface area contributed by atoms with Crippen LogP contribution < -0.4 is 5.73 Å². The van der Waals surface area contributed by atoms with Crippen LogP contribution >= 0.6 is 31.9 Å². The van der Waals surface area contributed by atoms with Gasteiger partial charge in [-0.25, -0.2) is 4.98 Å². The maximum absolute atomic E-state index is 5.70. The molecule has 0 atom stereocenters. The van der Waals surface area contributed by atoms with Gasteiger partial charge in [-0.3, -0.25) is 4.98 Å². The first kappa shape index (κ1) is 13.4. The number of nitrogens with two attached hydrogens (primary N) is 1. The Bertz CT molecular complexity index is 586. The lowest BCUT2D eigenvalue weighted by molar-refractivity contribution is 0.766. The van der Waals surface area contributed by atoms with Crippen molar-refractivity contribution in [1.29, 1.82) is 0 Å². The molecule has 0 aliphatic carbocycles. The monoisotopic (exact) mass is 371 g/mol. The first-order valence-corrected chi connectivity index (χ1v) is 6.89. The van der Waals surface area contributed by atoms with Crippen LogP contribution in [0.4, 0.5) is 5.95 Å². The molecule has 2 rings (SSSR count). The number of hydrogen-bond acceptors (Lipinski definition) is 5. The minimum absolute atomic E-state index is 0.184. The minimum Gasteiger partial charge on any atom is -0.368 e. The number of hydrogen-bond donors (Lipinski definition) is 1. The molecule has 0 fully saturated rings. The summed E-state index contributed by atoms with van der Waals surface area (Å²) in [7, 11) is 0. The average molecular weight is 373 g/mol. The molecule has 0 radical (unpaired) electrons. The molecule has 2 aromatic rings. The zero-order chi connectivity index (χ0) is 13.3. The van der Waals surface area contributed by atoms with Crippen molar-refractivity contribution in [3.63, 3.8) is 0 Å². The third-order valence-corrected chi connectivity index (χ3v) is 3.24. The molecule has 0 saturated carbocycles. The van der Waals surface area contributed by atoms with Crippen LogP contribution in [0.5, 0.6) is 0 Å². The summed E-state index contributed by atoms with van der Waals surface area (Å²) in [6.45, 7) is 4.01. The highest BCUT2D eigenvalue weighted by atomic mass is 79.9. The molecule has 5 nitrogen and oxygen atoms in total. The molecule has 0 bridgehead atoms. The molecule has 7 heteroatoms. The summed E-state index contributed by atoms with van der Waals surface area (Å²) >= 11 is 6.79. The van der Waals surface area contributed by atoms with Gasteiger partial charge in [0.2, 0.25) is 5.95 Å². The molecule has 0 aliphatic heterocycles. The number of rotatable bonds is 2. The number of halogens is 2. The number of nitrogens with zero attached hydrogens (tertiary/aromatic N) is 4. The molecule has 94 valence electrons. The topological polar surface area (TPSA) is 77.6 Å². The Morgan fingerprint density at radius 2 is 1.89 bits per heavy atom. The molecule has 2 N–H and O–H groups in total. The van der Waals surface area contributed by atoms with Gasteiger partial charge in [0.25, 0.3) is 0 Å². The molecule has 0 spiro atoms. The van der Waals surface area contributed by atoms with Gasteiger partial charge in [0.15, 0.2) is 5.82 Å². The Hall–Kier alpha value is -1.08. The number of anilines is 1. The molecule has 0 saturated heterocycles. The maximum Gasteiger partial charge on any atom is 0.223 e. The van der Waals surface area contributed by atoms with E-state index in [1.165, 1.54) is 0 Å². The first-order valence-electron chi connectivity index (χ1n) is 5.30. The number of aromatic nitrogens is 4. The number of nitrogen functional groups attached to an aromatic ring is 1. The van der Waals surface area contributed by atoms with Gasteiger partial charge in [0.05, 0.1) is 0 Å². The Kier molecular flexibility index (Phi) is 3.91. The lowest BCUT2D eigenvalue weighted by Crippen LogP contribution is -2.07. The fourth-order valence-electron chi connectivity index (χ4n) is 1.35. The third-order valence-electron chi connectivity index (χ3n) is 2.21. The van der Waals surface area contributed by atoms with Gasteiger partial charge in [-0.1, -0.05) is 13.8 Å². The van der Waals surface area contributed by atoms with E-state index in [0.717, 1.165) is 8.95 Å². The van der Waals surface area contributed by atoms with Crippen LogP contribution in [0.2, 0.25) is 0 Å². The van der Waals surface area contributed by atoms with Gasteiger partial charge in [0, 0.05) is 21.1 Å². The summed E-state index contributed by atoms with van der Waals surface area (Å²) < 4.78 is 1.68. The average Bonchev–Trinajstić information content (AvgIpc) is 2.27. The van der Waals surface area contributed by atoms with Crippen molar-refractivity contribution in [2.24, 2.45) is 0 Å². The molecule has 2 heterocycles. The highest BCUT2D eigenvalue weighted by molar-refractivity contribution is 9.11. The van der Waals surface area contributed by atoms with Crippen molar-refractivity contribution in [3.05, 3.63) is 27.0 Å². The summed E-state index contributed by atoms with van der Waals surface area (Å²) in [5, 5.41) is 0. The van der Waals surface area contributed by atoms with Crippen LogP contribution in [-0.4, -0.2) is 19.9 Å². The van der Waals surface area contributed by atoms with E-state index in [9.17, 15) is 0 Å². The zero-order valence-corrected chi connectivity index (χ0v) is 13.0. The quantitative estimate of drug-likeness (QED) is 0.875. The number of pyridine rings is 1. The summed E-state index contributed by atoms with van der Waals surface area (Å²) in [5.41, 5.74) is 6.35. The second-order valence-corrected chi connectivity index (χ2v) is 5.78. The van der Waals surface area contributed by atoms with Gasteiger partial charge >= 0.3 is 0 Å². The van der Waals surface area contributed by atoms with Crippen molar-refractivity contribution in [2.75, 3.05) is 5.73 Å². The van der Waals surface area contributed by atoms with Gasteiger partial charge in [-0.15, -0.1) is 0 Å². The van der Waals surface area contributed by atoms with Gasteiger partial charge in [0.1, 0.15) is 11.5 Å². The summed E-state index contributed by atoms with van der Waals surface area (Å²) in [5.74, 6) is 1.53. The molecule has 0 unspecified atom stereocenters. The Labute approximate surface area is 122 Å². The third kappa shape index (κ3) is 2.84. The van der Waals surface area contributed by atoms with Crippen molar-refractivity contribution in [1.82, 2.24) is 19.9 Å². The second kappa shape index (κ2) is 5.27. The van der Waals surface area contributed by atoms with Crippen LogP contribution in [-0.2, 0) is 0 Å². The van der Waals surface area contributed by atoms with E-state index < -0.39 is 0 Å². The summed E-state index contributed by atoms with van der Waals surface area (Å²) in [4.78, 5) is 16.9. The van der Waals surface area contributed by atoms with E-state index in [0.29, 0.717) is 17.3 Å². The molecule has 2 aromatic heterocycles. The minimum atomic E-state index is 0.184. The fraction of sp³-hybridized carbons (Fsp3) is 0.273. The Balaban J connectivity index is 2.56. The summed E-state index contributed by atoms with van der Waals surface area (Å²) in [6, 6.07) is 1.89. The smallest absolute Gasteiger partial charge is 0.223 e. The lowest BCUT2D eigenvalue weighted by Gasteiger charge is -2.07. The zero-order valence-electron chi connectivity index (χ0n) is 9.85. The van der Waals surface area contributed by atoms with Crippen molar-refractivity contribution >= 4 is 37.8 Å². The van der Waals surface area contributed by atoms with Gasteiger partial charge in [-0.2, -0.15) is 9.97 Å². The molecule has 0 amide bonds. The van der Waals surface area contributed by atoms with Gasteiger partial charge < -0.3 is 5.73 Å². The largest absolute Gasteiger partial charge is 0.368 e. The van der Waals surface area contributed by atoms with Crippen LogP contribution in [0.25, 0.3) is 11.5 Å². The van der Waals surface area contributed by atoms with Crippen LogP contribution in [0.1, 0.15) is 25.6 Å². The second-order valence-electron chi connectivity index (χ2n) is 4.01. The van der Waals surface area contributed by atoms with E-state index in [2.05, 4.69) is 51.8 Å². The fourth-order valence-corrected chi connectivity index (χ4v) is 2.52. The molecule has 0 aromatic carbocycles. The Morgan fingerprint density at radius 1 is 1.17 bits per heavy atom. The molecule has 0 aliphatic rings. The van der Waals surface area contributed by atoms with Crippen molar-refractivity contribution < 1.29 is 0 Å². The van der Waals surface area contributed by atoms with Crippen LogP contribution in [0.15, 0.2) is 21.2 Å². The predicted octanol–water partition coefficient (Wildman–Crippen LogP) is 3.16. The highest BCUT2D eigenvalue weighted by Crippen LogP contribution is 2.27. The lowest BCUT2D eigenvalue weighted by atomic mass is 10.2. The Morgan fingerprint density at radius 3 is 2.50 bits per heavy atom. The van der Waals surface area contributed by atoms with E-state index >= 15 is 0 Å². The molecular weight excluding hydrogens is 362 g/mol. The maximum atomic E-state index is 5.70.